The second-order valence-electron chi connectivity index (χ2n) is 7.35. The highest BCUT2D eigenvalue weighted by molar-refractivity contribution is 14.0. The number of halogens is 1. The topological polar surface area (TPSA) is 34.1 Å². The van der Waals surface area contributed by atoms with Gasteiger partial charge in [0, 0.05) is 45.5 Å². The lowest BCUT2D eigenvalue weighted by Gasteiger charge is -2.37. The summed E-state index contributed by atoms with van der Waals surface area (Å²) in [4.78, 5) is 11.6. The minimum absolute atomic E-state index is 0. The molecule has 1 saturated heterocycles. The van der Waals surface area contributed by atoms with Crippen molar-refractivity contribution in [3.05, 3.63) is 30.3 Å². The molecule has 1 aromatic carbocycles. The molecule has 1 heterocycles. The van der Waals surface area contributed by atoms with Crippen LogP contribution in [0.3, 0.4) is 0 Å². The van der Waals surface area contributed by atoms with Crippen LogP contribution >= 0.6 is 24.0 Å². The largest absolute Gasteiger partial charge is 0.368 e. The van der Waals surface area contributed by atoms with E-state index in [0.29, 0.717) is 0 Å². The number of nitrogens with one attached hydrogen (secondary N) is 1. The number of aliphatic imine (C=N–C) groups is 1. The van der Waals surface area contributed by atoms with Crippen LogP contribution in [0, 0.1) is 0 Å². The molecule has 0 atom stereocenters. The van der Waals surface area contributed by atoms with E-state index in [1.54, 1.807) is 0 Å². The Kier molecular flexibility index (Phi) is 12.5. The van der Waals surface area contributed by atoms with Crippen LogP contribution in [0.25, 0.3) is 0 Å². The summed E-state index contributed by atoms with van der Waals surface area (Å²) in [6, 6.07) is 10.7. The molecule has 154 valence electrons. The van der Waals surface area contributed by atoms with Crippen LogP contribution in [0.5, 0.6) is 0 Å². The monoisotopic (exact) mass is 487 g/mol. The van der Waals surface area contributed by atoms with Crippen molar-refractivity contribution in [2.75, 3.05) is 65.3 Å². The van der Waals surface area contributed by atoms with Gasteiger partial charge in [-0.1, -0.05) is 37.5 Å². The summed E-state index contributed by atoms with van der Waals surface area (Å²) in [6.07, 6.45) is 6.52. The fourth-order valence-corrected chi connectivity index (χ4v) is 3.43. The molecule has 0 bridgehead atoms. The van der Waals surface area contributed by atoms with Gasteiger partial charge in [0.1, 0.15) is 0 Å². The molecule has 1 fully saturated rings. The molecule has 1 aromatic rings. The van der Waals surface area contributed by atoms with Gasteiger partial charge >= 0.3 is 0 Å². The highest BCUT2D eigenvalue weighted by Crippen LogP contribution is 2.15. The molecule has 1 aliphatic heterocycles. The molecule has 5 nitrogen and oxygen atoms in total. The third kappa shape index (κ3) is 9.14. The Morgan fingerprint density at radius 2 is 1.59 bits per heavy atom. The van der Waals surface area contributed by atoms with Crippen molar-refractivity contribution in [1.82, 2.24) is 15.1 Å². The van der Waals surface area contributed by atoms with Crippen molar-refractivity contribution in [3.8, 4) is 0 Å². The Bertz CT molecular complexity index is 513. The molecule has 0 saturated carbocycles. The number of para-hydroxylation sites is 1. The zero-order valence-electron chi connectivity index (χ0n) is 17.4. The Balaban J connectivity index is 0.00000364. The second kappa shape index (κ2) is 14.0. The van der Waals surface area contributed by atoms with Crippen LogP contribution in [0.15, 0.2) is 35.3 Å². The predicted molar refractivity (Wildman–Crippen MR) is 129 cm³/mol. The lowest BCUT2D eigenvalue weighted by atomic mass is 10.1. The van der Waals surface area contributed by atoms with Crippen LogP contribution in [-0.4, -0.2) is 76.2 Å². The Labute approximate surface area is 183 Å². The van der Waals surface area contributed by atoms with Gasteiger partial charge in [-0.15, -0.1) is 24.0 Å². The Hall–Kier alpha value is -1.02. The first-order valence-electron chi connectivity index (χ1n) is 10.1. The standard InChI is InChI=1S/C21H37N5.HI/c1-22-21(23-14-10-5-4-6-11-15-24(2)3)26-18-16-25(17-19-26)20-12-8-7-9-13-20;/h7-9,12-13H,4-6,10-11,14-19H2,1-3H3,(H,22,23);1H. The molecule has 6 heteroatoms. The number of hydrogen-bond donors (Lipinski definition) is 1. The van der Waals surface area contributed by atoms with E-state index in [2.05, 4.69) is 69.4 Å². The zero-order chi connectivity index (χ0) is 18.6. The molecule has 27 heavy (non-hydrogen) atoms. The molecule has 0 aromatic heterocycles. The van der Waals surface area contributed by atoms with Crippen LogP contribution in [0.1, 0.15) is 32.1 Å². The fourth-order valence-electron chi connectivity index (χ4n) is 3.43. The van der Waals surface area contributed by atoms with Gasteiger partial charge in [-0.2, -0.15) is 0 Å². The maximum absolute atomic E-state index is 4.48. The minimum atomic E-state index is 0. The van der Waals surface area contributed by atoms with Crippen molar-refractivity contribution >= 4 is 35.6 Å². The molecular formula is C21H38IN5. The number of unbranched alkanes of at least 4 members (excludes halogenated alkanes) is 4. The molecule has 0 spiro atoms. The van der Waals surface area contributed by atoms with Crippen molar-refractivity contribution in [2.45, 2.75) is 32.1 Å². The van der Waals surface area contributed by atoms with E-state index >= 15 is 0 Å². The van der Waals surface area contributed by atoms with Crippen LogP contribution < -0.4 is 10.2 Å². The summed E-state index contributed by atoms with van der Waals surface area (Å²) in [6.45, 7) is 6.39. The van der Waals surface area contributed by atoms with Gasteiger partial charge in [0.2, 0.25) is 0 Å². The summed E-state index contributed by atoms with van der Waals surface area (Å²) < 4.78 is 0. The molecule has 1 aliphatic rings. The molecule has 0 unspecified atom stereocenters. The zero-order valence-corrected chi connectivity index (χ0v) is 19.7. The third-order valence-corrected chi connectivity index (χ3v) is 4.98. The van der Waals surface area contributed by atoms with Gasteiger partial charge in [-0.25, -0.2) is 0 Å². The van der Waals surface area contributed by atoms with E-state index in [4.69, 9.17) is 0 Å². The van der Waals surface area contributed by atoms with E-state index in [0.717, 1.165) is 38.7 Å². The lowest BCUT2D eigenvalue weighted by molar-refractivity contribution is 0.371. The van der Waals surface area contributed by atoms with Crippen molar-refractivity contribution in [2.24, 2.45) is 4.99 Å². The van der Waals surface area contributed by atoms with Gasteiger partial charge < -0.3 is 20.0 Å². The van der Waals surface area contributed by atoms with Crippen LogP contribution in [-0.2, 0) is 0 Å². The predicted octanol–water partition coefficient (Wildman–Crippen LogP) is 3.51. The first-order valence-corrected chi connectivity index (χ1v) is 10.1. The van der Waals surface area contributed by atoms with E-state index in [9.17, 15) is 0 Å². The number of hydrogen-bond acceptors (Lipinski definition) is 3. The van der Waals surface area contributed by atoms with Crippen LogP contribution in [0.2, 0.25) is 0 Å². The SMILES string of the molecule is CN=C(NCCCCCCCN(C)C)N1CCN(c2ccccc2)CC1.I. The average Bonchev–Trinajstić information content (AvgIpc) is 2.67. The third-order valence-electron chi connectivity index (χ3n) is 4.98. The molecular weight excluding hydrogens is 449 g/mol. The number of anilines is 1. The Morgan fingerprint density at radius 3 is 2.22 bits per heavy atom. The van der Waals surface area contributed by atoms with Gasteiger partial charge in [0.15, 0.2) is 5.96 Å². The summed E-state index contributed by atoms with van der Waals surface area (Å²) in [7, 11) is 6.19. The molecule has 1 N–H and O–H groups in total. The quantitative estimate of drug-likeness (QED) is 0.250. The highest BCUT2D eigenvalue weighted by Gasteiger charge is 2.19. The lowest BCUT2D eigenvalue weighted by Crippen LogP contribution is -2.52. The average molecular weight is 487 g/mol. The number of benzene rings is 1. The van der Waals surface area contributed by atoms with Crippen molar-refractivity contribution < 1.29 is 0 Å². The molecule has 0 amide bonds. The minimum Gasteiger partial charge on any atom is -0.368 e. The Morgan fingerprint density at radius 1 is 0.963 bits per heavy atom. The summed E-state index contributed by atoms with van der Waals surface area (Å²) in [5, 5.41) is 3.55. The number of guanidine groups is 1. The first kappa shape index (κ1) is 24.0. The summed E-state index contributed by atoms with van der Waals surface area (Å²) >= 11 is 0. The van der Waals surface area contributed by atoms with E-state index in [1.165, 1.54) is 44.3 Å². The highest BCUT2D eigenvalue weighted by atomic mass is 127. The van der Waals surface area contributed by atoms with E-state index < -0.39 is 0 Å². The number of rotatable bonds is 9. The van der Waals surface area contributed by atoms with E-state index in [-0.39, 0.29) is 24.0 Å². The van der Waals surface area contributed by atoms with Crippen molar-refractivity contribution in [1.29, 1.82) is 0 Å². The molecule has 0 aliphatic carbocycles. The normalized spacial score (nSPS) is 15.0. The first-order chi connectivity index (χ1) is 12.7. The smallest absolute Gasteiger partial charge is 0.193 e. The number of piperazine rings is 1. The maximum Gasteiger partial charge on any atom is 0.193 e. The van der Waals surface area contributed by atoms with Crippen molar-refractivity contribution in [3.63, 3.8) is 0 Å². The number of nitrogens with zero attached hydrogens (tertiary/aromatic N) is 4. The maximum atomic E-state index is 4.48. The summed E-state index contributed by atoms with van der Waals surface area (Å²) in [5.74, 6) is 1.06. The van der Waals surface area contributed by atoms with Crippen LogP contribution in [0.4, 0.5) is 5.69 Å². The molecule has 2 rings (SSSR count). The van der Waals surface area contributed by atoms with Gasteiger partial charge in [-0.05, 0) is 45.6 Å². The van der Waals surface area contributed by atoms with E-state index in [1.807, 2.05) is 7.05 Å². The molecule has 0 radical (unpaired) electrons. The van der Waals surface area contributed by atoms with Gasteiger partial charge in [0.25, 0.3) is 0 Å². The fraction of sp³-hybridized carbons (Fsp3) is 0.667. The van der Waals surface area contributed by atoms with Gasteiger partial charge in [0.05, 0.1) is 0 Å². The second-order valence-corrected chi connectivity index (χ2v) is 7.35. The summed E-state index contributed by atoms with van der Waals surface area (Å²) in [5.41, 5.74) is 1.32. The van der Waals surface area contributed by atoms with Gasteiger partial charge in [-0.3, -0.25) is 4.99 Å².